The second-order valence-electron chi connectivity index (χ2n) is 6.22. The number of rotatable bonds is 4. The van der Waals surface area contributed by atoms with Crippen LogP contribution in [-0.4, -0.2) is 43.1 Å². The van der Waals surface area contributed by atoms with E-state index in [0.717, 1.165) is 11.1 Å². The summed E-state index contributed by atoms with van der Waals surface area (Å²) in [5.74, 6) is -0.0997. The molecule has 5 nitrogen and oxygen atoms in total. The summed E-state index contributed by atoms with van der Waals surface area (Å²) in [6.07, 6.45) is 2.66. The molecular formula is C21H20ClNO4. The van der Waals surface area contributed by atoms with Gasteiger partial charge in [0, 0.05) is 18.1 Å². The fourth-order valence-corrected chi connectivity index (χ4v) is 2.80. The van der Waals surface area contributed by atoms with Crippen LogP contribution in [0.25, 0.3) is 6.08 Å². The third kappa shape index (κ3) is 5.18. The summed E-state index contributed by atoms with van der Waals surface area (Å²) in [4.78, 5) is 26.5. The third-order valence-electron chi connectivity index (χ3n) is 4.18. The van der Waals surface area contributed by atoms with Crippen molar-refractivity contribution in [1.82, 2.24) is 4.90 Å². The van der Waals surface area contributed by atoms with E-state index in [1.807, 2.05) is 31.2 Å². The van der Waals surface area contributed by atoms with Crippen LogP contribution in [0.15, 0.2) is 48.5 Å². The van der Waals surface area contributed by atoms with Gasteiger partial charge in [0.15, 0.2) is 5.78 Å². The Balaban J connectivity index is 1.77. The number of nitrogens with zero attached hydrogens (tertiary/aromatic N) is 1. The topological polar surface area (TPSA) is 55.8 Å². The van der Waals surface area contributed by atoms with E-state index in [1.165, 1.54) is 18.2 Å². The number of carbonyl (C=O) groups is 2. The van der Waals surface area contributed by atoms with E-state index in [2.05, 4.69) is 0 Å². The van der Waals surface area contributed by atoms with Gasteiger partial charge in [-0.2, -0.15) is 0 Å². The first-order valence-electron chi connectivity index (χ1n) is 8.66. The summed E-state index contributed by atoms with van der Waals surface area (Å²) >= 11 is 6.04. The highest BCUT2D eigenvalue weighted by molar-refractivity contribution is 6.31. The van der Waals surface area contributed by atoms with Crippen molar-refractivity contribution in [3.05, 3.63) is 70.3 Å². The zero-order valence-corrected chi connectivity index (χ0v) is 15.7. The molecule has 0 aromatic heterocycles. The van der Waals surface area contributed by atoms with Gasteiger partial charge in [0.05, 0.1) is 18.8 Å². The Kier molecular flexibility index (Phi) is 6.27. The van der Waals surface area contributed by atoms with E-state index >= 15 is 0 Å². The van der Waals surface area contributed by atoms with Crippen LogP contribution in [0.5, 0.6) is 5.75 Å². The molecule has 0 radical (unpaired) electrons. The van der Waals surface area contributed by atoms with Crippen molar-refractivity contribution in [3.8, 4) is 5.75 Å². The van der Waals surface area contributed by atoms with Crippen LogP contribution in [0.1, 0.15) is 21.5 Å². The Morgan fingerprint density at radius 2 is 1.81 bits per heavy atom. The first-order chi connectivity index (χ1) is 13.0. The molecule has 0 N–H and O–H groups in total. The zero-order valence-electron chi connectivity index (χ0n) is 15.0. The van der Waals surface area contributed by atoms with Crippen molar-refractivity contribution in [1.29, 1.82) is 0 Å². The number of aryl methyl sites for hydroxylation is 1. The van der Waals surface area contributed by atoms with Crippen LogP contribution < -0.4 is 4.74 Å². The molecule has 0 aliphatic carbocycles. The average Bonchev–Trinajstić information content (AvgIpc) is 2.69. The maximum absolute atomic E-state index is 12.6. The van der Waals surface area contributed by atoms with E-state index in [9.17, 15) is 9.59 Å². The molecule has 1 saturated heterocycles. The van der Waals surface area contributed by atoms with Crippen LogP contribution in [0.3, 0.4) is 0 Å². The summed E-state index contributed by atoms with van der Waals surface area (Å²) < 4.78 is 10.7. The molecule has 1 heterocycles. The van der Waals surface area contributed by atoms with Crippen LogP contribution in [0.4, 0.5) is 4.79 Å². The smallest absolute Gasteiger partial charge is 0.409 e. The van der Waals surface area contributed by atoms with Gasteiger partial charge in [-0.1, -0.05) is 47.5 Å². The number of hydrogen-bond acceptors (Lipinski definition) is 4. The van der Waals surface area contributed by atoms with Gasteiger partial charge >= 0.3 is 6.09 Å². The molecule has 140 valence electrons. The molecular weight excluding hydrogens is 366 g/mol. The summed E-state index contributed by atoms with van der Waals surface area (Å²) in [5, 5.41) is 0.397. The van der Waals surface area contributed by atoms with Gasteiger partial charge in [0.1, 0.15) is 5.75 Å². The average molecular weight is 386 g/mol. The second kappa shape index (κ2) is 8.84. The molecule has 3 rings (SSSR count). The normalized spacial score (nSPS) is 14.4. The molecule has 0 spiro atoms. The quantitative estimate of drug-likeness (QED) is 0.579. The minimum absolute atomic E-state index is 0.189. The summed E-state index contributed by atoms with van der Waals surface area (Å²) in [6.45, 7) is 3.87. The van der Waals surface area contributed by atoms with Crippen LogP contribution >= 0.6 is 11.6 Å². The predicted molar refractivity (Wildman–Crippen MR) is 104 cm³/mol. The maximum atomic E-state index is 12.6. The largest absolute Gasteiger partial charge is 0.415 e. The van der Waals surface area contributed by atoms with E-state index < -0.39 is 6.09 Å². The molecule has 1 aliphatic heterocycles. The molecule has 0 atom stereocenters. The lowest BCUT2D eigenvalue weighted by molar-refractivity contribution is 0.0415. The highest BCUT2D eigenvalue weighted by Crippen LogP contribution is 2.25. The first-order valence-corrected chi connectivity index (χ1v) is 9.04. The standard InChI is InChI=1S/C21H20ClNO4/c1-15-2-4-16(5-3-15)6-8-19(24)18-14-17(22)7-9-20(18)27-21(25)23-10-12-26-13-11-23/h2-9,14H,10-13H2,1H3/b8-6+. The highest BCUT2D eigenvalue weighted by atomic mass is 35.5. The molecule has 0 saturated carbocycles. The van der Waals surface area contributed by atoms with Gasteiger partial charge in [-0.25, -0.2) is 4.79 Å². The van der Waals surface area contributed by atoms with Gasteiger partial charge in [0.25, 0.3) is 0 Å². The molecule has 0 unspecified atom stereocenters. The lowest BCUT2D eigenvalue weighted by atomic mass is 10.1. The Labute approximate surface area is 163 Å². The van der Waals surface area contributed by atoms with Crippen molar-refractivity contribution in [2.24, 2.45) is 0 Å². The number of halogens is 1. The van der Waals surface area contributed by atoms with Gasteiger partial charge in [-0.05, 0) is 36.8 Å². The Hall–Kier alpha value is -2.63. The molecule has 2 aromatic carbocycles. The molecule has 1 amide bonds. The van der Waals surface area contributed by atoms with Gasteiger partial charge in [0.2, 0.25) is 0 Å². The lowest BCUT2D eigenvalue weighted by Gasteiger charge is -2.26. The van der Waals surface area contributed by atoms with Gasteiger partial charge < -0.3 is 14.4 Å². The fraction of sp³-hybridized carbons (Fsp3) is 0.238. The molecule has 2 aromatic rings. The van der Waals surface area contributed by atoms with Crippen LogP contribution in [0, 0.1) is 6.92 Å². The summed E-state index contributed by atoms with van der Waals surface area (Å²) in [5.41, 5.74) is 2.29. The van der Waals surface area contributed by atoms with E-state index in [-0.39, 0.29) is 17.1 Å². The molecule has 1 fully saturated rings. The van der Waals surface area contributed by atoms with E-state index in [1.54, 1.807) is 17.0 Å². The minimum Gasteiger partial charge on any atom is -0.409 e. The number of carbonyl (C=O) groups excluding carboxylic acids is 2. The molecule has 1 aliphatic rings. The number of ketones is 1. The van der Waals surface area contributed by atoms with Crippen molar-refractivity contribution in [2.45, 2.75) is 6.92 Å². The monoisotopic (exact) mass is 385 g/mol. The van der Waals surface area contributed by atoms with E-state index in [4.69, 9.17) is 21.1 Å². The number of hydrogen-bond donors (Lipinski definition) is 0. The number of ether oxygens (including phenoxy) is 2. The zero-order chi connectivity index (χ0) is 19.2. The van der Waals surface area contributed by atoms with Gasteiger partial charge in [-0.3, -0.25) is 4.79 Å². The molecule has 0 bridgehead atoms. The fourth-order valence-electron chi connectivity index (χ4n) is 2.63. The minimum atomic E-state index is -0.503. The van der Waals surface area contributed by atoms with Crippen molar-refractivity contribution in [3.63, 3.8) is 0 Å². The van der Waals surface area contributed by atoms with Gasteiger partial charge in [-0.15, -0.1) is 0 Å². The second-order valence-corrected chi connectivity index (χ2v) is 6.65. The third-order valence-corrected chi connectivity index (χ3v) is 4.41. The Morgan fingerprint density at radius 3 is 2.52 bits per heavy atom. The Bertz CT molecular complexity index is 855. The predicted octanol–water partition coefficient (Wildman–Crippen LogP) is 4.38. The number of allylic oxidation sites excluding steroid dienone is 1. The number of amides is 1. The maximum Gasteiger partial charge on any atom is 0.415 e. The van der Waals surface area contributed by atoms with Crippen molar-refractivity contribution >= 4 is 29.6 Å². The number of benzene rings is 2. The van der Waals surface area contributed by atoms with Crippen LogP contribution in [-0.2, 0) is 4.74 Å². The van der Waals surface area contributed by atoms with E-state index in [0.29, 0.717) is 31.3 Å². The Morgan fingerprint density at radius 1 is 1.11 bits per heavy atom. The number of morpholine rings is 1. The van der Waals surface area contributed by atoms with Crippen LogP contribution in [0.2, 0.25) is 5.02 Å². The van der Waals surface area contributed by atoms with Crippen molar-refractivity contribution in [2.75, 3.05) is 26.3 Å². The summed E-state index contributed by atoms with van der Waals surface area (Å²) in [7, 11) is 0. The van der Waals surface area contributed by atoms with Crippen molar-refractivity contribution < 1.29 is 19.1 Å². The molecule has 27 heavy (non-hydrogen) atoms. The lowest BCUT2D eigenvalue weighted by Crippen LogP contribution is -2.42. The summed E-state index contributed by atoms with van der Waals surface area (Å²) in [6, 6.07) is 12.4. The SMILES string of the molecule is Cc1ccc(/C=C/C(=O)c2cc(Cl)ccc2OC(=O)N2CCOCC2)cc1. The molecule has 6 heteroatoms. The highest BCUT2D eigenvalue weighted by Gasteiger charge is 2.21. The first kappa shape index (κ1) is 19.1.